The van der Waals surface area contributed by atoms with E-state index in [1.54, 1.807) is 6.20 Å². The fourth-order valence-electron chi connectivity index (χ4n) is 3.69. The van der Waals surface area contributed by atoms with Gasteiger partial charge in [0.2, 0.25) is 5.91 Å². The van der Waals surface area contributed by atoms with E-state index < -0.39 is 0 Å². The number of anilines is 1. The van der Waals surface area contributed by atoms with Gasteiger partial charge in [0.05, 0.1) is 11.2 Å². The maximum Gasteiger partial charge on any atom is 0.228 e. The quantitative estimate of drug-likeness (QED) is 0.925. The average Bonchev–Trinajstić information content (AvgIpc) is 3.24. The van der Waals surface area contributed by atoms with E-state index in [1.165, 1.54) is 0 Å². The van der Waals surface area contributed by atoms with Crippen molar-refractivity contribution in [1.29, 1.82) is 0 Å². The molecule has 4 rings (SSSR count). The Morgan fingerprint density at radius 3 is 2.95 bits per heavy atom. The number of hydrogen-bond acceptors (Lipinski definition) is 3. The molecule has 4 nitrogen and oxygen atoms in total. The first kappa shape index (κ1) is 13.7. The highest BCUT2D eigenvalue weighted by Gasteiger charge is 2.57. The van der Waals surface area contributed by atoms with E-state index in [4.69, 9.17) is 4.74 Å². The van der Waals surface area contributed by atoms with Gasteiger partial charge in [0.1, 0.15) is 0 Å². The lowest BCUT2D eigenvalue weighted by Gasteiger charge is -2.22. The monoisotopic (exact) mass is 296 g/mol. The van der Waals surface area contributed by atoms with Gasteiger partial charge in [0, 0.05) is 30.7 Å². The van der Waals surface area contributed by atoms with Crippen molar-refractivity contribution in [2.75, 3.05) is 18.5 Å². The largest absolute Gasteiger partial charge is 0.381 e. The lowest BCUT2D eigenvalue weighted by Crippen LogP contribution is -2.24. The first-order chi connectivity index (χ1) is 10.7. The van der Waals surface area contributed by atoms with E-state index in [0.29, 0.717) is 0 Å². The Morgan fingerprint density at radius 2 is 2.14 bits per heavy atom. The van der Waals surface area contributed by atoms with Gasteiger partial charge >= 0.3 is 0 Å². The predicted octanol–water partition coefficient (Wildman–Crippen LogP) is 3.30. The second-order valence-corrected chi connectivity index (χ2v) is 6.55. The summed E-state index contributed by atoms with van der Waals surface area (Å²) in [4.78, 5) is 17.0. The molecule has 0 bridgehead atoms. The van der Waals surface area contributed by atoms with Crippen molar-refractivity contribution in [2.24, 2.45) is 11.3 Å². The molecule has 1 atom stereocenters. The number of nitrogens with zero attached hydrogens (tertiary/aromatic N) is 1. The lowest BCUT2D eigenvalue weighted by atomic mass is 9.93. The van der Waals surface area contributed by atoms with Crippen molar-refractivity contribution < 1.29 is 9.53 Å². The molecule has 1 aromatic heterocycles. The van der Waals surface area contributed by atoms with Crippen LogP contribution in [-0.4, -0.2) is 24.1 Å². The summed E-state index contributed by atoms with van der Waals surface area (Å²) in [6.45, 7) is 3.63. The SMILES string of the molecule is Cc1ccc(NC(=O)C2CC23CCOCC3)c2cccnc12. The molecule has 1 aromatic carbocycles. The van der Waals surface area contributed by atoms with Crippen LogP contribution in [-0.2, 0) is 9.53 Å². The van der Waals surface area contributed by atoms with Gasteiger partial charge < -0.3 is 10.1 Å². The molecular formula is C18H20N2O2. The highest BCUT2D eigenvalue weighted by atomic mass is 16.5. The van der Waals surface area contributed by atoms with Crippen LogP contribution < -0.4 is 5.32 Å². The zero-order valence-corrected chi connectivity index (χ0v) is 12.8. The third-order valence-electron chi connectivity index (χ3n) is 5.22. The molecule has 0 radical (unpaired) electrons. The predicted molar refractivity (Wildman–Crippen MR) is 85.7 cm³/mol. The molecule has 1 N–H and O–H groups in total. The number of carbonyl (C=O) groups is 1. The van der Waals surface area contributed by atoms with Crippen LogP contribution in [0, 0.1) is 18.3 Å². The van der Waals surface area contributed by atoms with Gasteiger partial charge in [-0.3, -0.25) is 9.78 Å². The minimum absolute atomic E-state index is 0.143. The van der Waals surface area contributed by atoms with Crippen molar-refractivity contribution in [1.82, 2.24) is 4.98 Å². The Labute approximate surface area is 129 Å². The Morgan fingerprint density at radius 1 is 1.32 bits per heavy atom. The third-order valence-corrected chi connectivity index (χ3v) is 5.22. The molecule has 2 aromatic rings. The third kappa shape index (κ3) is 2.18. The van der Waals surface area contributed by atoms with Crippen LogP contribution in [0.25, 0.3) is 10.9 Å². The summed E-state index contributed by atoms with van der Waals surface area (Å²) in [6, 6.07) is 7.93. The molecule has 1 spiro atoms. The van der Waals surface area contributed by atoms with Crippen LogP contribution in [0.1, 0.15) is 24.8 Å². The van der Waals surface area contributed by atoms with Crippen molar-refractivity contribution >= 4 is 22.5 Å². The summed E-state index contributed by atoms with van der Waals surface area (Å²) in [5.74, 6) is 0.292. The molecule has 2 aliphatic rings. The van der Waals surface area contributed by atoms with E-state index >= 15 is 0 Å². The molecule has 1 amide bonds. The molecule has 4 heteroatoms. The molecule has 1 aliphatic heterocycles. The fraction of sp³-hybridized carbons (Fsp3) is 0.444. The number of hydrogen-bond donors (Lipinski definition) is 1. The Hall–Kier alpha value is -1.94. The number of pyridine rings is 1. The Balaban J connectivity index is 1.57. The van der Waals surface area contributed by atoms with Gasteiger partial charge in [-0.05, 0) is 55.4 Å². The topological polar surface area (TPSA) is 51.2 Å². The maximum atomic E-state index is 12.6. The van der Waals surface area contributed by atoms with Gasteiger partial charge in [-0.15, -0.1) is 0 Å². The highest BCUT2D eigenvalue weighted by molar-refractivity contribution is 6.03. The van der Waals surface area contributed by atoms with Crippen molar-refractivity contribution in [2.45, 2.75) is 26.2 Å². The number of carbonyl (C=O) groups excluding carboxylic acids is 1. The summed E-state index contributed by atoms with van der Waals surface area (Å²) in [6.07, 6.45) is 4.83. The molecule has 1 aliphatic carbocycles. The van der Waals surface area contributed by atoms with Crippen LogP contribution in [0.5, 0.6) is 0 Å². The van der Waals surface area contributed by atoms with Crippen molar-refractivity contribution in [3.63, 3.8) is 0 Å². The maximum absolute atomic E-state index is 12.6. The standard InChI is InChI=1S/C18H20N2O2/c1-12-4-5-15(13-3-2-8-19-16(12)13)20-17(21)14-11-18(14)6-9-22-10-7-18/h2-5,8,14H,6-7,9-11H2,1H3,(H,20,21). The van der Waals surface area contributed by atoms with Crippen molar-refractivity contribution in [3.8, 4) is 0 Å². The summed E-state index contributed by atoms with van der Waals surface area (Å²) in [7, 11) is 0. The summed E-state index contributed by atoms with van der Waals surface area (Å²) in [5.41, 5.74) is 3.16. The Kier molecular flexibility index (Phi) is 3.15. The highest BCUT2D eigenvalue weighted by Crippen LogP contribution is 2.59. The molecular weight excluding hydrogens is 276 g/mol. The number of amides is 1. The molecule has 22 heavy (non-hydrogen) atoms. The zero-order chi connectivity index (χ0) is 15.2. The number of aromatic nitrogens is 1. The smallest absolute Gasteiger partial charge is 0.228 e. The minimum atomic E-state index is 0.143. The van der Waals surface area contributed by atoms with E-state index in [1.807, 2.05) is 31.2 Å². The molecule has 1 unspecified atom stereocenters. The van der Waals surface area contributed by atoms with Crippen LogP contribution in [0.3, 0.4) is 0 Å². The number of benzene rings is 1. The number of rotatable bonds is 2. The van der Waals surface area contributed by atoms with Gasteiger partial charge in [-0.1, -0.05) is 6.07 Å². The zero-order valence-electron chi connectivity index (χ0n) is 12.8. The van der Waals surface area contributed by atoms with Gasteiger partial charge in [0.15, 0.2) is 0 Å². The van der Waals surface area contributed by atoms with E-state index in [2.05, 4.69) is 10.3 Å². The average molecular weight is 296 g/mol. The van der Waals surface area contributed by atoms with Gasteiger partial charge in [-0.2, -0.15) is 0 Å². The lowest BCUT2D eigenvalue weighted by molar-refractivity contribution is -0.118. The number of fused-ring (bicyclic) bond motifs is 1. The minimum Gasteiger partial charge on any atom is -0.381 e. The van der Waals surface area contributed by atoms with Crippen molar-refractivity contribution in [3.05, 3.63) is 36.0 Å². The summed E-state index contributed by atoms with van der Waals surface area (Å²) in [5, 5.41) is 4.14. The first-order valence-electron chi connectivity index (χ1n) is 7.93. The van der Waals surface area contributed by atoms with Gasteiger partial charge in [-0.25, -0.2) is 0 Å². The number of ether oxygens (including phenoxy) is 1. The van der Waals surface area contributed by atoms with Crippen LogP contribution in [0.4, 0.5) is 5.69 Å². The second kappa shape index (κ2) is 5.06. The molecule has 114 valence electrons. The summed E-state index contributed by atoms with van der Waals surface area (Å²) < 4.78 is 5.42. The fourth-order valence-corrected chi connectivity index (χ4v) is 3.69. The first-order valence-corrected chi connectivity index (χ1v) is 7.93. The molecule has 1 saturated heterocycles. The van der Waals surface area contributed by atoms with E-state index in [-0.39, 0.29) is 17.2 Å². The number of nitrogens with one attached hydrogen (secondary N) is 1. The number of aryl methyl sites for hydroxylation is 1. The van der Waals surface area contributed by atoms with E-state index in [0.717, 1.165) is 54.6 Å². The Bertz CT molecular complexity index is 735. The summed E-state index contributed by atoms with van der Waals surface area (Å²) >= 11 is 0. The van der Waals surface area contributed by atoms with Crippen LogP contribution in [0.2, 0.25) is 0 Å². The van der Waals surface area contributed by atoms with Gasteiger partial charge in [0.25, 0.3) is 0 Å². The van der Waals surface area contributed by atoms with Crippen LogP contribution >= 0.6 is 0 Å². The van der Waals surface area contributed by atoms with E-state index in [9.17, 15) is 4.79 Å². The van der Waals surface area contributed by atoms with Crippen LogP contribution in [0.15, 0.2) is 30.5 Å². The molecule has 2 fully saturated rings. The molecule has 2 heterocycles. The second-order valence-electron chi connectivity index (χ2n) is 6.55. The normalized spacial score (nSPS) is 22.7. The molecule has 1 saturated carbocycles.